The molecule has 1 N–H and O–H groups in total. The normalized spacial score (nSPS) is 10.4. The van der Waals surface area contributed by atoms with Crippen LogP contribution in [0.3, 0.4) is 0 Å². The van der Waals surface area contributed by atoms with Crippen LogP contribution in [-0.2, 0) is 0 Å². The van der Waals surface area contributed by atoms with Gasteiger partial charge in [0.1, 0.15) is 11.6 Å². The quantitative estimate of drug-likeness (QED) is 0.758. The Morgan fingerprint density at radius 2 is 1.86 bits per heavy atom. The van der Waals surface area contributed by atoms with Crippen LogP contribution in [0.5, 0.6) is 5.75 Å². The molecule has 21 heavy (non-hydrogen) atoms. The summed E-state index contributed by atoms with van der Waals surface area (Å²) in [6.07, 6.45) is 0. The summed E-state index contributed by atoms with van der Waals surface area (Å²) in [6.45, 7) is 0. The molecule has 0 aliphatic heterocycles. The second-order valence-corrected chi connectivity index (χ2v) is 5.23. The number of benzene rings is 2. The van der Waals surface area contributed by atoms with E-state index in [-0.39, 0.29) is 5.82 Å². The number of nitrogens with one attached hydrogen (secondary N) is 1. The minimum absolute atomic E-state index is 0.249. The molecule has 0 radical (unpaired) electrons. The first-order chi connectivity index (χ1) is 10.3. The zero-order valence-corrected chi connectivity index (χ0v) is 12.2. The molecule has 5 heteroatoms. The van der Waals surface area contributed by atoms with Crippen LogP contribution in [0, 0.1) is 5.82 Å². The van der Waals surface area contributed by atoms with Gasteiger partial charge in [-0.2, -0.15) is 0 Å². The van der Waals surface area contributed by atoms with Crippen LogP contribution in [0.2, 0.25) is 0 Å². The van der Waals surface area contributed by atoms with Crippen molar-refractivity contribution in [2.24, 2.45) is 0 Å². The standard InChI is InChI=1S/C16H13FN2OS/c1-20-15-5-3-2-4-13(15)18-16-19-14(10-21-16)11-6-8-12(17)9-7-11/h2-10H,1H3,(H,18,19). The third-order valence-electron chi connectivity index (χ3n) is 2.99. The molecule has 3 aromatic rings. The predicted molar refractivity (Wildman–Crippen MR) is 83.8 cm³/mol. The maximum Gasteiger partial charge on any atom is 0.187 e. The summed E-state index contributed by atoms with van der Waals surface area (Å²) in [5.74, 6) is 0.511. The van der Waals surface area contributed by atoms with Crippen molar-refractivity contribution >= 4 is 22.2 Å². The van der Waals surface area contributed by atoms with E-state index in [0.29, 0.717) is 0 Å². The van der Waals surface area contributed by atoms with Gasteiger partial charge in [-0.15, -0.1) is 11.3 Å². The summed E-state index contributed by atoms with van der Waals surface area (Å²) in [5, 5.41) is 5.93. The molecule has 0 saturated carbocycles. The lowest BCUT2D eigenvalue weighted by Crippen LogP contribution is -1.93. The van der Waals surface area contributed by atoms with E-state index in [0.717, 1.165) is 27.8 Å². The molecule has 1 heterocycles. The van der Waals surface area contributed by atoms with E-state index in [2.05, 4.69) is 10.3 Å². The number of methoxy groups -OCH3 is 1. The third kappa shape index (κ3) is 3.03. The van der Waals surface area contributed by atoms with E-state index in [9.17, 15) is 4.39 Å². The highest BCUT2D eigenvalue weighted by Crippen LogP contribution is 2.31. The van der Waals surface area contributed by atoms with Crippen LogP contribution in [0.1, 0.15) is 0 Å². The maximum atomic E-state index is 12.9. The Balaban J connectivity index is 1.83. The number of rotatable bonds is 4. The largest absolute Gasteiger partial charge is 0.495 e. The Hall–Kier alpha value is -2.40. The number of para-hydroxylation sites is 2. The van der Waals surface area contributed by atoms with Gasteiger partial charge in [0, 0.05) is 10.9 Å². The Kier molecular flexibility index (Phi) is 3.83. The monoisotopic (exact) mass is 300 g/mol. The molecule has 0 aliphatic rings. The van der Waals surface area contributed by atoms with Crippen molar-refractivity contribution < 1.29 is 9.13 Å². The van der Waals surface area contributed by atoms with Crippen molar-refractivity contribution in [1.82, 2.24) is 4.98 Å². The summed E-state index contributed by atoms with van der Waals surface area (Å²) < 4.78 is 18.2. The average molecular weight is 300 g/mol. The van der Waals surface area contributed by atoms with Crippen LogP contribution in [-0.4, -0.2) is 12.1 Å². The fourth-order valence-corrected chi connectivity index (χ4v) is 2.68. The van der Waals surface area contributed by atoms with Gasteiger partial charge in [-0.3, -0.25) is 0 Å². The number of nitrogens with zero attached hydrogens (tertiary/aromatic N) is 1. The lowest BCUT2D eigenvalue weighted by atomic mass is 10.2. The first-order valence-electron chi connectivity index (χ1n) is 6.38. The van der Waals surface area contributed by atoms with Gasteiger partial charge in [-0.1, -0.05) is 12.1 Å². The molecule has 3 nitrogen and oxygen atoms in total. The van der Waals surface area contributed by atoms with E-state index < -0.39 is 0 Å². The summed E-state index contributed by atoms with van der Waals surface area (Å²) in [6, 6.07) is 14.0. The third-order valence-corrected chi connectivity index (χ3v) is 3.75. The number of anilines is 2. The predicted octanol–water partition coefficient (Wildman–Crippen LogP) is 4.70. The minimum atomic E-state index is -0.249. The molecule has 2 aromatic carbocycles. The number of thiazole rings is 1. The smallest absolute Gasteiger partial charge is 0.187 e. The number of aromatic nitrogens is 1. The fraction of sp³-hybridized carbons (Fsp3) is 0.0625. The van der Waals surface area contributed by atoms with Gasteiger partial charge in [0.2, 0.25) is 0 Å². The highest BCUT2D eigenvalue weighted by molar-refractivity contribution is 7.14. The van der Waals surface area contributed by atoms with Crippen LogP contribution >= 0.6 is 11.3 Å². The van der Waals surface area contributed by atoms with Crippen LogP contribution in [0.15, 0.2) is 53.9 Å². The molecule has 0 spiro atoms. The Bertz CT molecular complexity index is 740. The van der Waals surface area contributed by atoms with Crippen LogP contribution in [0.25, 0.3) is 11.3 Å². The lowest BCUT2D eigenvalue weighted by Gasteiger charge is -2.08. The number of hydrogen-bond donors (Lipinski definition) is 1. The zero-order valence-electron chi connectivity index (χ0n) is 11.3. The van der Waals surface area contributed by atoms with Crippen molar-refractivity contribution in [2.75, 3.05) is 12.4 Å². The second kappa shape index (κ2) is 5.93. The van der Waals surface area contributed by atoms with Gasteiger partial charge in [0.25, 0.3) is 0 Å². The molecule has 0 atom stereocenters. The van der Waals surface area contributed by atoms with Gasteiger partial charge >= 0.3 is 0 Å². The Labute approximate surface area is 126 Å². The molecule has 0 amide bonds. The topological polar surface area (TPSA) is 34.1 Å². The van der Waals surface area contributed by atoms with Crippen molar-refractivity contribution in [3.63, 3.8) is 0 Å². The molecule has 3 rings (SSSR count). The van der Waals surface area contributed by atoms with Gasteiger partial charge < -0.3 is 10.1 Å². The summed E-state index contributed by atoms with van der Waals surface area (Å²) in [7, 11) is 1.63. The zero-order chi connectivity index (χ0) is 14.7. The highest BCUT2D eigenvalue weighted by Gasteiger charge is 2.07. The fourth-order valence-electron chi connectivity index (χ4n) is 1.95. The summed E-state index contributed by atoms with van der Waals surface area (Å²) >= 11 is 1.49. The average Bonchev–Trinajstić information content (AvgIpc) is 2.97. The van der Waals surface area contributed by atoms with Crippen molar-refractivity contribution in [3.05, 3.63) is 59.7 Å². The highest BCUT2D eigenvalue weighted by atomic mass is 32.1. The van der Waals surface area contributed by atoms with E-state index in [1.54, 1.807) is 19.2 Å². The summed E-state index contributed by atoms with van der Waals surface area (Å²) in [5.41, 5.74) is 2.57. The maximum absolute atomic E-state index is 12.9. The molecule has 0 saturated heterocycles. The first-order valence-corrected chi connectivity index (χ1v) is 7.26. The molecule has 1 aromatic heterocycles. The summed E-state index contributed by atoms with van der Waals surface area (Å²) in [4.78, 5) is 4.51. The number of ether oxygens (including phenoxy) is 1. The van der Waals surface area contributed by atoms with E-state index in [4.69, 9.17) is 4.74 Å². The minimum Gasteiger partial charge on any atom is -0.495 e. The molecule has 0 fully saturated rings. The number of halogens is 1. The van der Waals surface area contributed by atoms with E-state index in [1.807, 2.05) is 29.6 Å². The molecule has 0 aliphatic carbocycles. The van der Waals surface area contributed by atoms with Gasteiger partial charge in [-0.05, 0) is 36.4 Å². The van der Waals surface area contributed by atoms with Crippen molar-refractivity contribution in [1.29, 1.82) is 0 Å². The van der Waals surface area contributed by atoms with E-state index in [1.165, 1.54) is 23.5 Å². The van der Waals surface area contributed by atoms with Gasteiger partial charge in [-0.25, -0.2) is 9.37 Å². The Morgan fingerprint density at radius 1 is 1.10 bits per heavy atom. The SMILES string of the molecule is COc1ccccc1Nc1nc(-c2ccc(F)cc2)cs1. The molecule has 0 unspecified atom stereocenters. The molecular formula is C16H13FN2OS. The van der Waals surface area contributed by atoms with Crippen molar-refractivity contribution in [2.45, 2.75) is 0 Å². The first kappa shape index (κ1) is 13.6. The molecular weight excluding hydrogens is 287 g/mol. The van der Waals surface area contributed by atoms with Crippen LogP contribution in [0.4, 0.5) is 15.2 Å². The van der Waals surface area contributed by atoms with Crippen molar-refractivity contribution in [3.8, 4) is 17.0 Å². The molecule has 0 bridgehead atoms. The van der Waals surface area contributed by atoms with Gasteiger partial charge in [0.15, 0.2) is 5.13 Å². The van der Waals surface area contributed by atoms with E-state index >= 15 is 0 Å². The number of hydrogen-bond acceptors (Lipinski definition) is 4. The van der Waals surface area contributed by atoms with Crippen LogP contribution < -0.4 is 10.1 Å². The van der Waals surface area contributed by atoms with Gasteiger partial charge in [0.05, 0.1) is 18.5 Å². The Morgan fingerprint density at radius 3 is 2.62 bits per heavy atom. The lowest BCUT2D eigenvalue weighted by molar-refractivity contribution is 0.417. The molecule has 106 valence electrons. The second-order valence-electron chi connectivity index (χ2n) is 4.37.